The molecule has 1 unspecified atom stereocenters. The topological polar surface area (TPSA) is 32.8 Å². The molecule has 1 atom stereocenters. The van der Waals surface area contributed by atoms with Crippen LogP contribution in [0, 0.1) is 13.8 Å². The predicted octanol–water partition coefficient (Wildman–Crippen LogP) is 4.46. The van der Waals surface area contributed by atoms with Crippen LogP contribution in [0.3, 0.4) is 0 Å². The van der Waals surface area contributed by atoms with Crippen LogP contribution in [-0.4, -0.2) is 43.1 Å². The summed E-state index contributed by atoms with van der Waals surface area (Å²) in [5, 5.41) is 0.735. The van der Waals surface area contributed by atoms with Crippen molar-refractivity contribution in [1.82, 2.24) is 4.90 Å². The maximum Gasteiger partial charge on any atom is 0.263 e. The molecule has 1 amide bonds. The van der Waals surface area contributed by atoms with E-state index in [2.05, 4.69) is 24.0 Å². The number of carbonyl (C=O) groups is 1. The van der Waals surface area contributed by atoms with Crippen molar-refractivity contribution < 1.29 is 9.53 Å². The molecule has 1 aliphatic heterocycles. The van der Waals surface area contributed by atoms with Crippen molar-refractivity contribution in [2.75, 3.05) is 31.1 Å². The van der Waals surface area contributed by atoms with Crippen molar-refractivity contribution in [2.45, 2.75) is 33.3 Å². The Hall–Kier alpha value is -2.20. The summed E-state index contributed by atoms with van der Waals surface area (Å²) < 4.78 is 6.07. The fourth-order valence-corrected chi connectivity index (χ4v) is 3.64. The molecule has 4 nitrogen and oxygen atoms in total. The van der Waals surface area contributed by atoms with E-state index in [1.54, 1.807) is 0 Å². The third-order valence-corrected chi connectivity index (χ3v) is 5.25. The Labute approximate surface area is 166 Å². The van der Waals surface area contributed by atoms with Gasteiger partial charge in [-0.15, -0.1) is 0 Å². The van der Waals surface area contributed by atoms with Gasteiger partial charge in [-0.25, -0.2) is 0 Å². The van der Waals surface area contributed by atoms with Gasteiger partial charge in [0.15, 0.2) is 6.10 Å². The lowest BCUT2D eigenvalue weighted by Gasteiger charge is -2.37. The largest absolute Gasteiger partial charge is 0.480 e. The van der Waals surface area contributed by atoms with Crippen molar-refractivity contribution in [1.29, 1.82) is 0 Å². The van der Waals surface area contributed by atoms with Crippen molar-refractivity contribution >= 4 is 23.2 Å². The molecule has 0 aliphatic carbocycles. The lowest BCUT2D eigenvalue weighted by molar-refractivity contribution is -0.139. The van der Waals surface area contributed by atoms with Gasteiger partial charge in [-0.1, -0.05) is 42.3 Å². The molecule has 1 aliphatic rings. The number of carbonyl (C=O) groups excluding carboxylic acids is 1. The summed E-state index contributed by atoms with van der Waals surface area (Å²) in [5.74, 6) is 0.863. The van der Waals surface area contributed by atoms with E-state index in [1.165, 1.54) is 5.56 Å². The number of aryl methyl sites for hydroxylation is 2. The van der Waals surface area contributed by atoms with Crippen molar-refractivity contribution in [3.05, 3.63) is 58.6 Å². The van der Waals surface area contributed by atoms with E-state index in [0.29, 0.717) is 19.5 Å². The highest BCUT2D eigenvalue weighted by Gasteiger charge is 2.28. The summed E-state index contributed by atoms with van der Waals surface area (Å²) in [6.45, 7) is 9.05. The summed E-state index contributed by atoms with van der Waals surface area (Å²) in [7, 11) is 0. The smallest absolute Gasteiger partial charge is 0.263 e. The second-order valence-electron chi connectivity index (χ2n) is 7.08. The molecule has 0 aromatic heterocycles. The minimum absolute atomic E-state index is 0.0724. The minimum atomic E-state index is -0.441. The Balaban J connectivity index is 1.61. The molecule has 144 valence electrons. The number of ether oxygens (including phenoxy) is 1. The number of halogens is 1. The van der Waals surface area contributed by atoms with Crippen LogP contribution in [0.5, 0.6) is 5.75 Å². The molecule has 2 aromatic carbocycles. The Morgan fingerprint density at radius 3 is 2.48 bits per heavy atom. The number of rotatable bonds is 5. The van der Waals surface area contributed by atoms with E-state index in [0.717, 1.165) is 35.1 Å². The average molecular weight is 387 g/mol. The van der Waals surface area contributed by atoms with Crippen molar-refractivity contribution in [3.8, 4) is 5.75 Å². The van der Waals surface area contributed by atoms with Gasteiger partial charge in [0, 0.05) is 36.9 Å². The van der Waals surface area contributed by atoms with Crippen LogP contribution in [0.1, 0.15) is 24.5 Å². The predicted molar refractivity (Wildman–Crippen MR) is 111 cm³/mol. The monoisotopic (exact) mass is 386 g/mol. The maximum atomic E-state index is 13.0. The SMILES string of the molecule is CCC(Oc1ccc(C)cc1C)C(=O)N1CCN(c2cccc(Cl)c2)CC1. The molecule has 1 saturated heterocycles. The van der Waals surface area contributed by atoms with Crippen LogP contribution in [0.25, 0.3) is 0 Å². The number of amides is 1. The number of piperazine rings is 1. The zero-order valence-electron chi connectivity index (χ0n) is 16.2. The first-order chi connectivity index (χ1) is 13.0. The van der Waals surface area contributed by atoms with Gasteiger partial charge in [-0.2, -0.15) is 0 Å². The normalized spacial score (nSPS) is 15.6. The number of anilines is 1. The molecule has 1 fully saturated rings. The van der Waals surface area contributed by atoms with Crippen LogP contribution in [-0.2, 0) is 4.79 Å². The van der Waals surface area contributed by atoms with E-state index in [4.69, 9.17) is 16.3 Å². The van der Waals surface area contributed by atoms with Crippen molar-refractivity contribution in [2.24, 2.45) is 0 Å². The van der Waals surface area contributed by atoms with Gasteiger partial charge in [0.05, 0.1) is 0 Å². The van der Waals surface area contributed by atoms with Gasteiger partial charge >= 0.3 is 0 Å². The maximum absolute atomic E-state index is 13.0. The van der Waals surface area contributed by atoms with E-state index in [1.807, 2.05) is 49.1 Å². The lowest BCUT2D eigenvalue weighted by Crippen LogP contribution is -2.52. The third kappa shape index (κ3) is 4.75. The molecule has 27 heavy (non-hydrogen) atoms. The molecular weight excluding hydrogens is 360 g/mol. The van der Waals surface area contributed by atoms with Crippen LogP contribution in [0.2, 0.25) is 5.02 Å². The van der Waals surface area contributed by atoms with E-state index < -0.39 is 6.10 Å². The summed E-state index contributed by atoms with van der Waals surface area (Å²) in [6, 6.07) is 13.9. The first-order valence-corrected chi connectivity index (χ1v) is 9.89. The zero-order valence-corrected chi connectivity index (χ0v) is 17.0. The van der Waals surface area contributed by atoms with E-state index >= 15 is 0 Å². The van der Waals surface area contributed by atoms with Crippen LogP contribution in [0.4, 0.5) is 5.69 Å². The standard InChI is InChI=1S/C22H27ClN2O2/c1-4-20(27-21-9-8-16(2)14-17(21)3)22(26)25-12-10-24(11-13-25)19-7-5-6-18(23)15-19/h5-9,14-15,20H,4,10-13H2,1-3H3. The fraction of sp³-hybridized carbons (Fsp3) is 0.409. The number of nitrogens with zero attached hydrogens (tertiary/aromatic N) is 2. The lowest BCUT2D eigenvalue weighted by atomic mass is 10.1. The first-order valence-electron chi connectivity index (χ1n) is 9.51. The van der Waals surface area contributed by atoms with Gasteiger partial charge in [-0.3, -0.25) is 4.79 Å². The molecule has 0 bridgehead atoms. The molecule has 5 heteroatoms. The number of hydrogen-bond acceptors (Lipinski definition) is 3. The number of hydrogen-bond donors (Lipinski definition) is 0. The molecule has 2 aromatic rings. The highest BCUT2D eigenvalue weighted by atomic mass is 35.5. The molecule has 1 heterocycles. The highest BCUT2D eigenvalue weighted by Crippen LogP contribution is 2.23. The summed E-state index contributed by atoms with van der Waals surface area (Å²) in [5.41, 5.74) is 3.36. The number of benzene rings is 2. The first kappa shape index (κ1) is 19.6. The molecule has 0 saturated carbocycles. The van der Waals surface area contributed by atoms with Gasteiger partial charge in [0.25, 0.3) is 5.91 Å². The third-order valence-electron chi connectivity index (χ3n) is 5.01. The van der Waals surface area contributed by atoms with Gasteiger partial charge in [0.2, 0.25) is 0 Å². The summed E-state index contributed by atoms with van der Waals surface area (Å²) in [4.78, 5) is 17.2. The Morgan fingerprint density at radius 2 is 1.85 bits per heavy atom. The summed E-state index contributed by atoms with van der Waals surface area (Å²) in [6.07, 6.45) is 0.213. The quantitative estimate of drug-likeness (QED) is 0.760. The second kappa shape index (κ2) is 8.66. The second-order valence-corrected chi connectivity index (χ2v) is 7.51. The molecule has 0 spiro atoms. The van der Waals surface area contributed by atoms with Crippen molar-refractivity contribution in [3.63, 3.8) is 0 Å². The Bertz CT molecular complexity index is 801. The minimum Gasteiger partial charge on any atom is -0.480 e. The molecule has 0 N–H and O–H groups in total. The zero-order chi connectivity index (χ0) is 19.4. The molecular formula is C22H27ClN2O2. The Kier molecular flexibility index (Phi) is 6.27. The fourth-order valence-electron chi connectivity index (χ4n) is 3.45. The van der Waals surface area contributed by atoms with Crippen LogP contribution >= 0.6 is 11.6 Å². The van der Waals surface area contributed by atoms with E-state index in [-0.39, 0.29) is 5.91 Å². The van der Waals surface area contributed by atoms with Gasteiger partial charge in [-0.05, 0) is 50.1 Å². The Morgan fingerprint density at radius 1 is 1.11 bits per heavy atom. The van der Waals surface area contributed by atoms with E-state index in [9.17, 15) is 4.79 Å². The average Bonchev–Trinajstić information content (AvgIpc) is 2.67. The van der Waals surface area contributed by atoms with Crippen LogP contribution < -0.4 is 9.64 Å². The molecule has 0 radical (unpaired) electrons. The molecule has 3 rings (SSSR count). The van der Waals surface area contributed by atoms with Gasteiger partial charge in [0.1, 0.15) is 5.75 Å². The van der Waals surface area contributed by atoms with Gasteiger partial charge < -0.3 is 14.5 Å². The summed E-state index contributed by atoms with van der Waals surface area (Å²) >= 11 is 6.10. The van der Waals surface area contributed by atoms with Crippen LogP contribution in [0.15, 0.2) is 42.5 Å². The highest BCUT2D eigenvalue weighted by molar-refractivity contribution is 6.30.